The molecule has 0 amide bonds. The Hall–Kier alpha value is -3.09. The van der Waals surface area contributed by atoms with E-state index in [2.05, 4.69) is 34.4 Å². The lowest BCUT2D eigenvalue weighted by Crippen LogP contribution is -2.14. The molecule has 0 fully saturated rings. The second-order valence-electron chi connectivity index (χ2n) is 9.33. The van der Waals surface area contributed by atoms with Crippen molar-refractivity contribution in [2.24, 2.45) is 5.92 Å². The third-order valence-corrected chi connectivity index (χ3v) is 4.94. The third kappa shape index (κ3) is 6.22. The molecule has 0 unspecified atom stereocenters. The van der Waals surface area contributed by atoms with E-state index in [1.165, 1.54) is 5.56 Å². The van der Waals surface area contributed by atoms with Gasteiger partial charge >= 0.3 is 6.18 Å². The van der Waals surface area contributed by atoms with Gasteiger partial charge in [0, 0.05) is 17.6 Å². The Balaban J connectivity index is 1.89. The van der Waals surface area contributed by atoms with Crippen LogP contribution >= 0.6 is 0 Å². The minimum absolute atomic E-state index is 0.0871. The van der Waals surface area contributed by atoms with Gasteiger partial charge in [-0.05, 0) is 53.1 Å². The molecule has 1 heterocycles. The first-order valence-corrected chi connectivity index (χ1v) is 10.6. The third-order valence-electron chi connectivity index (χ3n) is 4.94. The lowest BCUT2D eigenvalue weighted by molar-refractivity contribution is -0.137. The highest BCUT2D eigenvalue weighted by Gasteiger charge is 2.35. The molecule has 0 saturated heterocycles. The Labute approximate surface area is 187 Å². The minimum atomic E-state index is -4.58. The Bertz CT molecular complexity index is 1050. The number of alkyl halides is 3. The van der Waals surface area contributed by atoms with E-state index in [1.54, 1.807) is 6.07 Å². The van der Waals surface area contributed by atoms with Crippen LogP contribution in [0.4, 0.5) is 36.3 Å². The summed E-state index contributed by atoms with van der Waals surface area (Å²) in [4.78, 5) is 8.03. The van der Waals surface area contributed by atoms with Crippen LogP contribution in [0.2, 0.25) is 0 Å². The van der Waals surface area contributed by atoms with Crippen LogP contribution < -0.4 is 10.6 Å². The predicted octanol–water partition coefficient (Wildman–Crippen LogP) is 7.48. The second kappa shape index (κ2) is 9.18. The van der Waals surface area contributed by atoms with Gasteiger partial charge in [0.2, 0.25) is 5.95 Å². The van der Waals surface area contributed by atoms with Crippen molar-refractivity contribution < 1.29 is 13.2 Å². The van der Waals surface area contributed by atoms with Crippen LogP contribution in [0.25, 0.3) is 0 Å². The van der Waals surface area contributed by atoms with Crippen LogP contribution in [0.15, 0.2) is 54.7 Å². The van der Waals surface area contributed by atoms with Crippen LogP contribution in [0.3, 0.4) is 0 Å². The molecule has 0 saturated carbocycles. The van der Waals surface area contributed by atoms with Crippen molar-refractivity contribution in [2.75, 3.05) is 10.6 Å². The molecule has 2 N–H and O–H groups in total. The van der Waals surface area contributed by atoms with Crippen LogP contribution in [-0.2, 0) is 18.0 Å². The number of hydrogen-bond acceptors (Lipinski definition) is 4. The van der Waals surface area contributed by atoms with Gasteiger partial charge in [0.05, 0.1) is 0 Å². The summed E-state index contributed by atoms with van der Waals surface area (Å²) in [5.74, 6) is 0.332. The molecule has 32 heavy (non-hydrogen) atoms. The zero-order valence-electron chi connectivity index (χ0n) is 19.0. The Morgan fingerprint density at radius 2 is 1.59 bits per heavy atom. The van der Waals surface area contributed by atoms with Gasteiger partial charge in [0.15, 0.2) is 0 Å². The smallest absolute Gasteiger partial charge is 0.340 e. The van der Waals surface area contributed by atoms with Crippen LogP contribution in [-0.4, -0.2) is 9.97 Å². The minimum Gasteiger partial charge on any atom is -0.340 e. The van der Waals surface area contributed by atoms with Crippen molar-refractivity contribution in [1.82, 2.24) is 9.97 Å². The summed E-state index contributed by atoms with van der Waals surface area (Å²) in [5, 5.41) is 5.83. The number of anilines is 4. The normalized spacial score (nSPS) is 12.2. The largest absolute Gasteiger partial charge is 0.421 e. The van der Waals surface area contributed by atoms with Crippen LogP contribution in [0.5, 0.6) is 0 Å². The van der Waals surface area contributed by atoms with E-state index >= 15 is 0 Å². The fourth-order valence-corrected chi connectivity index (χ4v) is 3.27. The van der Waals surface area contributed by atoms with Gasteiger partial charge in [-0.1, -0.05) is 58.9 Å². The molecule has 0 aliphatic carbocycles. The van der Waals surface area contributed by atoms with E-state index in [9.17, 15) is 13.2 Å². The van der Waals surface area contributed by atoms with Crippen molar-refractivity contribution in [3.8, 4) is 0 Å². The molecule has 0 atom stereocenters. The Morgan fingerprint density at radius 3 is 2.19 bits per heavy atom. The van der Waals surface area contributed by atoms with E-state index < -0.39 is 11.7 Å². The van der Waals surface area contributed by atoms with Crippen molar-refractivity contribution in [3.63, 3.8) is 0 Å². The summed E-state index contributed by atoms with van der Waals surface area (Å²) in [5.41, 5.74) is 2.38. The molecule has 3 rings (SSSR count). The fourth-order valence-electron chi connectivity index (χ4n) is 3.27. The molecule has 2 aromatic carbocycles. The number of benzene rings is 2. The molecule has 1 aromatic heterocycles. The standard InChI is InChI=1S/C25H29F3N4/c1-16(2)13-17-9-11-19(12-10-17)31-23-29-15-21(25(26,27)28)22(32-23)30-20-8-6-7-18(14-20)24(3,4)5/h6-12,14-16H,13H2,1-5H3,(H2,29,30,31,32). The molecular formula is C25H29F3N4. The summed E-state index contributed by atoms with van der Waals surface area (Å²) in [6.07, 6.45) is -2.82. The predicted molar refractivity (Wildman–Crippen MR) is 124 cm³/mol. The monoisotopic (exact) mass is 442 g/mol. The van der Waals surface area contributed by atoms with Gasteiger partial charge in [-0.3, -0.25) is 0 Å². The van der Waals surface area contributed by atoms with Crippen molar-refractivity contribution in [1.29, 1.82) is 0 Å². The highest BCUT2D eigenvalue weighted by atomic mass is 19.4. The second-order valence-corrected chi connectivity index (χ2v) is 9.33. The maximum Gasteiger partial charge on any atom is 0.421 e. The molecule has 7 heteroatoms. The van der Waals surface area contributed by atoms with E-state index in [0.29, 0.717) is 17.3 Å². The molecule has 0 aliphatic rings. The quantitative estimate of drug-likeness (QED) is 0.415. The molecule has 4 nitrogen and oxygen atoms in total. The maximum atomic E-state index is 13.6. The topological polar surface area (TPSA) is 49.8 Å². The van der Waals surface area contributed by atoms with Crippen LogP contribution in [0.1, 0.15) is 51.3 Å². The van der Waals surface area contributed by atoms with Crippen molar-refractivity contribution >= 4 is 23.1 Å². The number of nitrogens with one attached hydrogen (secondary N) is 2. The first-order valence-electron chi connectivity index (χ1n) is 10.6. The Morgan fingerprint density at radius 1 is 0.906 bits per heavy atom. The van der Waals surface area contributed by atoms with E-state index in [4.69, 9.17) is 0 Å². The highest BCUT2D eigenvalue weighted by Crippen LogP contribution is 2.36. The zero-order valence-corrected chi connectivity index (χ0v) is 19.0. The number of aromatic nitrogens is 2. The molecule has 0 spiro atoms. The fraction of sp³-hybridized carbons (Fsp3) is 0.360. The molecule has 170 valence electrons. The van der Waals surface area contributed by atoms with Gasteiger partial charge in [-0.2, -0.15) is 18.2 Å². The summed E-state index contributed by atoms with van der Waals surface area (Å²) < 4.78 is 40.8. The van der Waals surface area contributed by atoms with Gasteiger partial charge in [-0.15, -0.1) is 0 Å². The lowest BCUT2D eigenvalue weighted by Gasteiger charge is -2.20. The first-order chi connectivity index (χ1) is 14.9. The number of halogens is 3. The highest BCUT2D eigenvalue weighted by molar-refractivity contribution is 5.63. The van der Waals surface area contributed by atoms with Crippen molar-refractivity contribution in [2.45, 2.75) is 52.6 Å². The molecule has 0 bridgehead atoms. The molecule has 3 aromatic rings. The average Bonchev–Trinajstić information content (AvgIpc) is 2.68. The first kappa shape index (κ1) is 23.6. The number of hydrogen-bond donors (Lipinski definition) is 2. The number of nitrogens with zero attached hydrogens (tertiary/aromatic N) is 2. The van der Waals surface area contributed by atoms with Gasteiger partial charge in [0.25, 0.3) is 0 Å². The van der Waals surface area contributed by atoms with Crippen LogP contribution in [0, 0.1) is 5.92 Å². The van der Waals surface area contributed by atoms with E-state index in [0.717, 1.165) is 18.2 Å². The van der Waals surface area contributed by atoms with Crippen molar-refractivity contribution in [3.05, 3.63) is 71.4 Å². The molecule has 0 radical (unpaired) electrons. The van der Waals surface area contributed by atoms with Gasteiger partial charge in [-0.25, -0.2) is 4.98 Å². The zero-order chi connectivity index (χ0) is 23.5. The molecule has 0 aliphatic heterocycles. The maximum absolute atomic E-state index is 13.6. The Kier molecular flexibility index (Phi) is 6.77. The summed E-state index contributed by atoms with van der Waals surface area (Å²) in [6.45, 7) is 10.4. The summed E-state index contributed by atoms with van der Waals surface area (Å²) in [7, 11) is 0. The summed E-state index contributed by atoms with van der Waals surface area (Å²) >= 11 is 0. The van der Waals surface area contributed by atoms with E-state index in [-0.39, 0.29) is 17.2 Å². The lowest BCUT2D eigenvalue weighted by atomic mass is 9.87. The van der Waals surface area contributed by atoms with Gasteiger partial charge in [0.1, 0.15) is 11.4 Å². The van der Waals surface area contributed by atoms with Gasteiger partial charge < -0.3 is 10.6 Å². The number of rotatable bonds is 6. The van der Waals surface area contributed by atoms with E-state index in [1.807, 2.05) is 63.2 Å². The molecular weight excluding hydrogens is 413 g/mol. The SMILES string of the molecule is CC(C)Cc1ccc(Nc2ncc(C(F)(F)F)c(Nc3cccc(C(C)(C)C)c3)n2)cc1. The average molecular weight is 443 g/mol. The summed E-state index contributed by atoms with van der Waals surface area (Å²) in [6, 6.07) is 15.0.